The second kappa shape index (κ2) is 5.31. The van der Waals surface area contributed by atoms with Gasteiger partial charge in [-0.3, -0.25) is 0 Å². The van der Waals surface area contributed by atoms with Gasteiger partial charge < -0.3 is 0 Å². The lowest BCUT2D eigenvalue weighted by Crippen LogP contribution is -1.92. The number of hydrogen-bond acceptors (Lipinski definition) is 0. The number of hydrogen-bond donors (Lipinski definition) is 0. The van der Waals surface area contributed by atoms with Crippen LogP contribution in [0.15, 0.2) is 72.8 Å². The van der Waals surface area contributed by atoms with Gasteiger partial charge in [-0.25, -0.2) is 0 Å². The smallest absolute Gasteiger partial charge is 0.00108 e. The molecule has 0 fully saturated rings. The fraction of sp³-hybridized carbons (Fsp3) is 0.0909. The normalized spacial score (nSPS) is 12.9. The predicted molar refractivity (Wildman–Crippen MR) is 94.6 cm³/mol. The molecular formula is C22H18. The molecule has 3 aromatic carbocycles. The van der Waals surface area contributed by atoms with Gasteiger partial charge in [0.15, 0.2) is 0 Å². The van der Waals surface area contributed by atoms with Gasteiger partial charge in [0, 0.05) is 0 Å². The van der Waals surface area contributed by atoms with Crippen LogP contribution in [0.1, 0.15) is 22.3 Å². The van der Waals surface area contributed by atoms with Crippen LogP contribution in [0.25, 0.3) is 22.8 Å². The molecule has 1 aliphatic carbocycles. The maximum absolute atomic E-state index is 2.38. The first-order valence-corrected chi connectivity index (χ1v) is 7.77. The number of rotatable bonds is 2. The molecule has 0 saturated heterocycles. The van der Waals surface area contributed by atoms with Gasteiger partial charge in [0.2, 0.25) is 0 Å². The summed E-state index contributed by atoms with van der Waals surface area (Å²) in [5.41, 5.74) is 9.64. The van der Waals surface area contributed by atoms with Gasteiger partial charge in [0.1, 0.15) is 0 Å². The van der Waals surface area contributed by atoms with E-state index in [0.29, 0.717) is 0 Å². The van der Waals surface area contributed by atoms with Crippen molar-refractivity contribution < 1.29 is 0 Å². The van der Waals surface area contributed by atoms with Crippen molar-refractivity contribution in [1.29, 1.82) is 0 Å². The van der Waals surface area contributed by atoms with E-state index in [1.807, 2.05) is 0 Å². The molecule has 0 aliphatic heterocycles. The Labute approximate surface area is 131 Å². The Morgan fingerprint density at radius 1 is 0.682 bits per heavy atom. The lowest BCUT2D eigenvalue weighted by atomic mass is 9.94. The van der Waals surface area contributed by atoms with E-state index in [2.05, 4.69) is 85.8 Å². The summed E-state index contributed by atoms with van der Waals surface area (Å²) in [6, 6.07) is 25.9. The standard InChI is InChI=1S/C22H18/c1-16-12-13-20(18-10-6-3-7-11-18)22-15-19(14-21(16)22)17-8-4-2-5-9-17/h2-13,15H,14H2,1H3. The largest absolute Gasteiger partial charge is 0.0622 e. The summed E-state index contributed by atoms with van der Waals surface area (Å²) in [4.78, 5) is 0. The van der Waals surface area contributed by atoms with Crippen molar-refractivity contribution in [3.8, 4) is 11.1 Å². The summed E-state index contributed by atoms with van der Waals surface area (Å²) in [6.07, 6.45) is 3.41. The lowest BCUT2D eigenvalue weighted by Gasteiger charge is -2.10. The van der Waals surface area contributed by atoms with E-state index in [9.17, 15) is 0 Å². The zero-order chi connectivity index (χ0) is 14.9. The van der Waals surface area contributed by atoms with Crippen molar-refractivity contribution in [3.63, 3.8) is 0 Å². The van der Waals surface area contributed by atoms with Crippen molar-refractivity contribution in [2.75, 3.05) is 0 Å². The molecular weight excluding hydrogens is 264 g/mol. The highest BCUT2D eigenvalue weighted by Gasteiger charge is 2.19. The van der Waals surface area contributed by atoms with E-state index in [0.717, 1.165) is 6.42 Å². The Morgan fingerprint density at radius 3 is 2.00 bits per heavy atom. The molecule has 4 rings (SSSR count). The highest BCUT2D eigenvalue weighted by molar-refractivity contribution is 5.94. The maximum atomic E-state index is 2.38. The van der Waals surface area contributed by atoms with Crippen molar-refractivity contribution in [1.82, 2.24) is 0 Å². The lowest BCUT2D eigenvalue weighted by molar-refractivity contribution is 1.25. The second-order valence-electron chi connectivity index (χ2n) is 5.90. The first-order valence-electron chi connectivity index (χ1n) is 7.77. The van der Waals surface area contributed by atoms with Crippen LogP contribution in [0.5, 0.6) is 0 Å². The van der Waals surface area contributed by atoms with Crippen LogP contribution >= 0.6 is 0 Å². The van der Waals surface area contributed by atoms with Crippen molar-refractivity contribution in [3.05, 3.63) is 95.1 Å². The van der Waals surface area contributed by atoms with E-state index < -0.39 is 0 Å². The maximum Gasteiger partial charge on any atom is -0.00108 e. The van der Waals surface area contributed by atoms with Crippen LogP contribution in [0.4, 0.5) is 0 Å². The first kappa shape index (κ1) is 13.1. The minimum Gasteiger partial charge on any atom is -0.0622 e. The van der Waals surface area contributed by atoms with E-state index in [1.165, 1.54) is 39.0 Å². The zero-order valence-corrected chi connectivity index (χ0v) is 12.7. The van der Waals surface area contributed by atoms with Gasteiger partial charge in [-0.2, -0.15) is 0 Å². The molecule has 0 heteroatoms. The molecule has 0 bridgehead atoms. The number of allylic oxidation sites excluding steroid dienone is 1. The molecule has 0 unspecified atom stereocenters. The van der Waals surface area contributed by atoms with E-state index in [-0.39, 0.29) is 0 Å². The highest BCUT2D eigenvalue weighted by Crippen LogP contribution is 2.39. The summed E-state index contributed by atoms with van der Waals surface area (Å²) >= 11 is 0. The quantitative estimate of drug-likeness (QED) is 0.560. The SMILES string of the molecule is Cc1ccc(-c2ccccc2)c2c1CC(c1ccccc1)=C2. The van der Waals surface area contributed by atoms with E-state index in [1.54, 1.807) is 0 Å². The fourth-order valence-corrected chi connectivity index (χ4v) is 3.30. The summed E-state index contributed by atoms with van der Waals surface area (Å²) in [6.45, 7) is 2.22. The third-order valence-electron chi connectivity index (χ3n) is 4.51. The Kier molecular flexibility index (Phi) is 3.16. The van der Waals surface area contributed by atoms with Gasteiger partial charge >= 0.3 is 0 Å². The molecule has 3 aromatic rings. The number of fused-ring (bicyclic) bond motifs is 1. The average molecular weight is 282 g/mol. The molecule has 22 heavy (non-hydrogen) atoms. The van der Waals surface area contributed by atoms with Crippen LogP contribution in [-0.4, -0.2) is 0 Å². The van der Waals surface area contributed by atoms with Crippen molar-refractivity contribution in [2.24, 2.45) is 0 Å². The van der Waals surface area contributed by atoms with Gasteiger partial charge in [-0.15, -0.1) is 0 Å². The van der Waals surface area contributed by atoms with Crippen molar-refractivity contribution >= 4 is 11.6 Å². The molecule has 0 N–H and O–H groups in total. The Hall–Kier alpha value is -2.60. The minimum absolute atomic E-state index is 1.03. The van der Waals surface area contributed by atoms with Crippen LogP contribution < -0.4 is 0 Å². The third-order valence-corrected chi connectivity index (χ3v) is 4.51. The Morgan fingerprint density at radius 2 is 1.32 bits per heavy atom. The molecule has 0 heterocycles. The van der Waals surface area contributed by atoms with Gasteiger partial charge in [0.25, 0.3) is 0 Å². The first-order chi connectivity index (χ1) is 10.8. The Bertz CT molecular complexity index is 840. The topological polar surface area (TPSA) is 0 Å². The van der Waals surface area contributed by atoms with Gasteiger partial charge in [0.05, 0.1) is 0 Å². The van der Waals surface area contributed by atoms with Crippen LogP contribution in [0.2, 0.25) is 0 Å². The summed E-state index contributed by atoms with van der Waals surface area (Å²) in [5.74, 6) is 0. The fourth-order valence-electron chi connectivity index (χ4n) is 3.30. The molecule has 0 atom stereocenters. The molecule has 0 amide bonds. The van der Waals surface area contributed by atoms with Crippen molar-refractivity contribution in [2.45, 2.75) is 13.3 Å². The Balaban J connectivity index is 1.87. The molecule has 0 spiro atoms. The minimum atomic E-state index is 1.03. The second-order valence-corrected chi connectivity index (χ2v) is 5.90. The van der Waals surface area contributed by atoms with Gasteiger partial charge in [-0.1, -0.05) is 72.8 Å². The molecule has 0 nitrogen and oxygen atoms in total. The average Bonchev–Trinajstić information content (AvgIpc) is 3.03. The van der Waals surface area contributed by atoms with Crippen LogP contribution in [-0.2, 0) is 6.42 Å². The molecule has 0 aromatic heterocycles. The van der Waals surface area contributed by atoms with Crippen LogP contribution in [0, 0.1) is 6.92 Å². The van der Waals surface area contributed by atoms with Gasteiger partial charge in [-0.05, 0) is 58.4 Å². The van der Waals surface area contributed by atoms with E-state index in [4.69, 9.17) is 0 Å². The molecule has 0 saturated carbocycles. The van der Waals surface area contributed by atoms with Crippen LogP contribution in [0.3, 0.4) is 0 Å². The molecule has 0 radical (unpaired) electrons. The molecule has 1 aliphatic rings. The summed E-state index contributed by atoms with van der Waals surface area (Å²) in [5, 5.41) is 0. The summed E-state index contributed by atoms with van der Waals surface area (Å²) in [7, 11) is 0. The number of benzene rings is 3. The number of aryl methyl sites for hydroxylation is 1. The highest BCUT2D eigenvalue weighted by atomic mass is 14.2. The predicted octanol–water partition coefficient (Wildman–Crippen LogP) is 5.76. The van der Waals surface area contributed by atoms with E-state index >= 15 is 0 Å². The third kappa shape index (κ3) is 2.17. The summed E-state index contributed by atoms with van der Waals surface area (Å²) < 4.78 is 0. The monoisotopic (exact) mass is 282 g/mol. The molecule has 106 valence electrons. The zero-order valence-electron chi connectivity index (χ0n) is 12.7.